The van der Waals surface area contributed by atoms with Crippen molar-refractivity contribution in [2.45, 2.75) is 31.1 Å². The third-order valence-corrected chi connectivity index (χ3v) is 3.00. The van der Waals surface area contributed by atoms with E-state index in [-0.39, 0.29) is 24.0 Å². The second-order valence-electron chi connectivity index (χ2n) is 2.69. The second kappa shape index (κ2) is 5.24. The molecule has 2 unspecified atom stereocenters. The van der Waals surface area contributed by atoms with Crippen molar-refractivity contribution in [3.05, 3.63) is 0 Å². The topological polar surface area (TPSA) is 38.4 Å². The Balaban J connectivity index is 0.000001000. The first-order valence-corrected chi connectivity index (χ1v) is 4.85. The highest BCUT2D eigenvalue weighted by Crippen LogP contribution is 2.32. The van der Waals surface area contributed by atoms with Crippen LogP contribution in [0, 0.1) is 0 Å². The number of amidine groups is 1. The molecule has 1 fully saturated rings. The van der Waals surface area contributed by atoms with E-state index in [9.17, 15) is 0 Å². The molecule has 11 heavy (non-hydrogen) atoms. The summed E-state index contributed by atoms with van der Waals surface area (Å²) in [4.78, 5) is 4.31. The number of thioether (sulfide) groups is 1. The molecule has 0 aliphatic heterocycles. The van der Waals surface area contributed by atoms with E-state index in [0.29, 0.717) is 6.04 Å². The minimum absolute atomic E-state index is 0. The molecule has 1 saturated carbocycles. The standard InChI is InChI=1S/C7H14N2S.HI/c1-5(8)9-6-3-4-7(6)10-2;/h6-7H,3-4H2,1-2H3,(H2,8,9);1H. The second-order valence-corrected chi connectivity index (χ2v) is 3.77. The Bertz CT molecular complexity index is 143. The molecule has 0 aromatic rings. The van der Waals surface area contributed by atoms with Crippen LogP contribution in [0.3, 0.4) is 0 Å². The molecule has 1 aliphatic rings. The summed E-state index contributed by atoms with van der Waals surface area (Å²) < 4.78 is 0. The smallest absolute Gasteiger partial charge is 0.0909 e. The van der Waals surface area contributed by atoms with Crippen molar-refractivity contribution in [3.8, 4) is 0 Å². The SMILES string of the molecule is CSC1CCC1N=C(C)N.I. The van der Waals surface area contributed by atoms with Gasteiger partial charge < -0.3 is 5.73 Å². The minimum Gasteiger partial charge on any atom is -0.388 e. The van der Waals surface area contributed by atoms with Crippen LogP contribution in [0.25, 0.3) is 0 Å². The van der Waals surface area contributed by atoms with Crippen LogP contribution < -0.4 is 5.73 Å². The normalized spacial score (nSPS) is 30.5. The van der Waals surface area contributed by atoms with Crippen LogP contribution in [0.15, 0.2) is 4.99 Å². The van der Waals surface area contributed by atoms with Crippen LogP contribution >= 0.6 is 35.7 Å². The molecule has 1 rings (SSSR count). The zero-order chi connectivity index (χ0) is 7.56. The van der Waals surface area contributed by atoms with Crippen molar-refractivity contribution in [2.75, 3.05) is 6.26 Å². The van der Waals surface area contributed by atoms with Crippen LogP contribution in [-0.4, -0.2) is 23.4 Å². The Hall–Kier alpha value is 0.550. The maximum Gasteiger partial charge on any atom is 0.0909 e. The van der Waals surface area contributed by atoms with Gasteiger partial charge >= 0.3 is 0 Å². The lowest BCUT2D eigenvalue weighted by Crippen LogP contribution is -2.33. The number of nitrogens with zero attached hydrogens (tertiary/aromatic N) is 1. The fraction of sp³-hybridized carbons (Fsp3) is 0.857. The Morgan fingerprint density at radius 1 is 1.55 bits per heavy atom. The number of hydrogen-bond acceptors (Lipinski definition) is 2. The highest BCUT2D eigenvalue weighted by molar-refractivity contribution is 14.0. The van der Waals surface area contributed by atoms with Crippen LogP contribution in [-0.2, 0) is 0 Å². The van der Waals surface area contributed by atoms with E-state index in [1.807, 2.05) is 18.7 Å². The van der Waals surface area contributed by atoms with Crippen LogP contribution in [0.2, 0.25) is 0 Å². The predicted octanol–water partition coefficient (Wildman–Crippen LogP) is 1.88. The maximum atomic E-state index is 5.46. The fourth-order valence-corrected chi connectivity index (χ4v) is 2.02. The van der Waals surface area contributed by atoms with Gasteiger partial charge in [0.1, 0.15) is 0 Å². The molecule has 0 radical (unpaired) electrons. The molecule has 0 aromatic heterocycles. The summed E-state index contributed by atoms with van der Waals surface area (Å²) in [5.74, 6) is 0.726. The summed E-state index contributed by atoms with van der Waals surface area (Å²) >= 11 is 1.90. The molecule has 1 aliphatic carbocycles. The van der Waals surface area contributed by atoms with E-state index in [1.165, 1.54) is 12.8 Å². The molecule has 0 bridgehead atoms. The average Bonchev–Trinajstić information content (AvgIpc) is 1.82. The van der Waals surface area contributed by atoms with Crippen molar-refractivity contribution < 1.29 is 0 Å². The number of rotatable bonds is 2. The Kier molecular flexibility index (Phi) is 5.50. The van der Waals surface area contributed by atoms with Gasteiger partial charge in [-0.25, -0.2) is 0 Å². The first-order valence-electron chi connectivity index (χ1n) is 3.56. The van der Waals surface area contributed by atoms with Gasteiger partial charge in [-0.2, -0.15) is 11.8 Å². The quantitative estimate of drug-likeness (QED) is 0.478. The van der Waals surface area contributed by atoms with E-state index in [4.69, 9.17) is 5.73 Å². The summed E-state index contributed by atoms with van der Waals surface area (Å²) in [5.41, 5.74) is 5.46. The summed E-state index contributed by atoms with van der Waals surface area (Å²) in [7, 11) is 0. The van der Waals surface area contributed by atoms with Crippen molar-refractivity contribution in [2.24, 2.45) is 10.7 Å². The molecule has 0 aromatic carbocycles. The molecular weight excluding hydrogens is 271 g/mol. The van der Waals surface area contributed by atoms with Crippen LogP contribution in [0.5, 0.6) is 0 Å². The van der Waals surface area contributed by atoms with E-state index in [2.05, 4.69) is 11.2 Å². The molecule has 4 heteroatoms. The van der Waals surface area contributed by atoms with Gasteiger partial charge in [-0.05, 0) is 26.0 Å². The molecular formula is C7H15IN2S. The molecule has 0 spiro atoms. The Morgan fingerprint density at radius 3 is 2.45 bits per heavy atom. The van der Waals surface area contributed by atoms with Gasteiger partial charge in [-0.1, -0.05) is 0 Å². The Labute approximate surface area is 89.4 Å². The summed E-state index contributed by atoms with van der Waals surface area (Å²) in [6.45, 7) is 1.86. The van der Waals surface area contributed by atoms with Crippen LogP contribution in [0.1, 0.15) is 19.8 Å². The van der Waals surface area contributed by atoms with Gasteiger partial charge in [0.15, 0.2) is 0 Å². The van der Waals surface area contributed by atoms with Crippen molar-refractivity contribution in [3.63, 3.8) is 0 Å². The zero-order valence-corrected chi connectivity index (χ0v) is 10.1. The zero-order valence-electron chi connectivity index (χ0n) is 6.91. The van der Waals surface area contributed by atoms with Gasteiger partial charge in [-0.3, -0.25) is 4.99 Å². The van der Waals surface area contributed by atoms with Crippen LogP contribution in [0.4, 0.5) is 0 Å². The lowest BCUT2D eigenvalue weighted by Gasteiger charge is -2.32. The molecule has 0 heterocycles. The van der Waals surface area contributed by atoms with E-state index in [1.54, 1.807) is 0 Å². The third kappa shape index (κ3) is 3.19. The molecule has 0 saturated heterocycles. The average molecular weight is 286 g/mol. The highest BCUT2D eigenvalue weighted by atomic mass is 127. The fourth-order valence-electron chi connectivity index (χ4n) is 1.14. The lowest BCUT2D eigenvalue weighted by molar-refractivity contribution is 0.437. The van der Waals surface area contributed by atoms with E-state index in [0.717, 1.165) is 11.1 Å². The summed E-state index contributed by atoms with van der Waals surface area (Å²) in [6, 6.07) is 0.514. The third-order valence-electron chi connectivity index (χ3n) is 1.85. The maximum absolute atomic E-state index is 5.46. The van der Waals surface area contributed by atoms with Gasteiger partial charge in [-0.15, -0.1) is 24.0 Å². The van der Waals surface area contributed by atoms with Crippen molar-refractivity contribution >= 4 is 41.6 Å². The van der Waals surface area contributed by atoms with Gasteiger partial charge in [0.25, 0.3) is 0 Å². The largest absolute Gasteiger partial charge is 0.388 e. The summed E-state index contributed by atoms with van der Waals surface area (Å²) in [6.07, 6.45) is 4.67. The molecule has 2 N–H and O–H groups in total. The molecule has 66 valence electrons. The van der Waals surface area contributed by atoms with E-state index >= 15 is 0 Å². The predicted molar refractivity (Wildman–Crippen MR) is 63.0 cm³/mol. The summed E-state index contributed by atoms with van der Waals surface area (Å²) in [5, 5.41) is 0.735. The van der Waals surface area contributed by atoms with Crippen molar-refractivity contribution in [1.82, 2.24) is 0 Å². The number of halogens is 1. The molecule has 2 nitrogen and oxygen atoms in total. The number of nitrogens with two attached hydrogens (primary N) is 1. The number of aliphatic imine (C=N–C) groups is 1. The van der Waals surface area contributed by atoms with Gasteiger partial charge in [0.05, 0.1) is 11.9 Å². The molecule has 0 amide bonds. The molecule has 2 atom stereocenters. The monoisotopic (exact) mass is 286 g/mol. The first kappa shape index (κ1) is 11.6. The lowest BCUT2D eigenvalue weighted by atomic mass is 9.93. The van der Waals surface area contributed by atoms with Gasteiger partial charge in [0.2, 0.25) is 0 Å². The highest BCUT2D eigenvalue weighted by Gasteiger charge is 2.29. The van der Waals surface area contributed by atoms with Gasteiger partial charge in [0, 0.05) is 5.25 Å². The number of hydrogen-bond donors (Lipinski definition) is 1. The first-order chi connectivity index (χ1) is 4.74. The minimum atomic E-state index is 0. The van der Waals surface area contributed by atoms with Crippen molar-refractivity contribution in [1.29, 1.82) is 0 Å². The Morgan fingerprint density at radius 2 is 2.18 bits per heavy atom. The van der Waals surface area contributed by atoms with E-state index < -0.39 is 0 Å².